The molecule has 1 fully saturated rings. The summed E-state index contributed by atoms with van der Waals surface area (Å²) in [5.74, 6) is -1.02. The normalized spacial score (nSPS) is 17.8. The number of benzene rings is 1. The standard InChI is InChI=1S/C17H18Cl2N4O5S/c1-9-14(16(25)22-17(26)20-9)29(27,28)23-6-2-3-10(8-23)15(24)21-13-5-4-11(18)7-12(13)19/h4-5,7,10H,2-3,6,8H2,1H3,(H,21,24)(H2,20,22,25,26). The number of carbonyl (C=O) groups is 1. The number of nitrogens with zero attached hydrogens (tertiary/aromatic N) is 1. The molecule has 1 aliphatic rings. The van der Waals surface area contributed by atoms with Gasteiger partial charge in [0.15, 0.2) is 4.90 Å². The van der Waals surface area contributed by atoms with Crippen LogP contribution in [-0.2, 0) is 14.8 Å². The van der Waals surface area contributed by atoms with Gasteiger partial charge in [-0.15, -0.1) is 0 Å². The molecule has 1 aromatic heterocycles. The third-order valence-electron chi connectivity index (χ3n) is 4.62. The van der Waals surface area contributed by atoms with Gasteiger partial charge in [-0.2, -0.15) is 4.31 Å². The van der Waals surface area contributed by atoms with Gasteiger partial charge in [0, 0.05) is 23.8 Å². The number of carbonyl (C=O) groups excluding carboxylic acids is 1. The second kappa shape index (κ2) is 8.31. The number of aromatic amines is 2. The molecule has 1 aromatic carbocycles. The summed E-state index contributed by atoms with van der Waals surface area (Å²) in [5.41, 5.74) is -1.47. The fourth-order valence-corrected chi connectivity index (χ4v) is 5.41. The molecule has 3 rings (SSSR count). The predicted molar refractivity (Wildman–Crippen MR) is 109 cm³/mol. The molecule has 2 heterocycles. The van der Waals surface area contributed by atoms with E-state index < -0.39 is 32.1 Å². The monoisotopic (exact) mass is 460 g/mol. The Balaban J connectivity index is 1.82. The molecule has 0 bridgehead atoms. The van der Waals surface area contributed by atoms with Gasteiger partial charge in [0.05, 0.1) is 16.6 Å². The number of rotatable bonds is 4. The summed E-state index contributed by atoms with van der Waals surface area (Å²) in [4.78, 5) is 39.8. The zero-order valence-electron chi connectivity index (χ0n) is 15.3. The minimum atomic E-state index is -4.20. The van der Waals surface area contributed by atoms with Crippen LogP contribution in [0.2, 0.25) is 10.0 Å². The Morgan fingerprint density at radius 2 is 1.97 bits per heavy atom. The Hall–Kier alpha value is -2.14. The van der Waals surface area contributed by atoms with Crippen molar-refractivity contribution in [2.45, 2.75) is 24.7 Å². The van der Waals surface area contributed by atoms with Crippen LogP contribution in [0.3, 0.4) is 0 Å². The first-order valence-corrected chi connectivity index (χ1v) is 10.9. The number of hydrogen-bond donors (Lipinski definition) is 3. The highest BCUT2D eigenvalue weighted by Gasteiger charge is 2.36. The lowest BCUT2D eigenvalue weighted by Gasteiger charge is -2.31. The van der Waals surface area contributed by atoms with E-state index in [1.165, 1.54) is 13.0 Å². The van der Waals surface area contributed by atoms with Gasteiger partial charge < -0.3 is 10.3 Å². The number of nitrogens with one attached hydrogen (secondary N) is 3. The van der Waals surface area contributed by atoms with Gasteiger partial charge >= 0.3 is 5.69 Å². The van der Waals surface area contributed by atoms with Crippen LogP contribution in [0.1, 0.15) is 18.5 Å². The summed E-state index contributed by atoms with van der Waals surface area (Å²) in [6.07, 6.45) is 0.913. The summed E-state index contributed by atoms with van der Waals surface area (Å²) < 4.78 is 27.0. The maximum atomic E-state index is 13.0. The molecule has 1 saturated heterocycles. The van der Waals surface area contributed by atoms with E-state index in [4.69, 9.17) is 23.2 Å². The van der Waals surface area contributed by atoms with Crippen molar-refractivity contribution >= 4 is 44.8 Å². The molecule has 29 heavy (non-hydrogen) atoms. The first kappa shape index (κ1) is 21.6. The zero-order valence-corrected chi connectivity index (χ0v) is 17.6. The SMILES string of the molecule is Cc1[nH]c(=O)[nH]c(=O)c1S(=O)(=O)N1CCCC(C(=O)Nc2ccc(Cl)cc2Cl)C1. The number of aromatic nitrogens is 2. The quantitative estimate of drug-likeness (QED) is 0.638. The van der Waals surface area contributed by atoms with Gasteiger partial charge in [0.2, 0.25) is 15.9 Å². The van der Waals surface area contributed by atoms with Crippen molar-refractivity contribution in [3.05, 3.63) is 54.8 Å². The second-order valence-electron chi connectivity index (χ2n) is 6.68. The highest BCUT2D eigenvalue weighted by molar-refractivity contribution is 7.89. The maximum Gasteiger partial charge on any atom is 0.325 e. The van der Waals surface area contributed by atoms with E-state index in [-0.39, 0.29) is 29.7 Å². The first-order chi connectivity index (χ1) is 13.6. The number of aryl methyl sites for hydroxylation is 1. The van der Waals surface area contributed by atoms with Crippen molar-refractivity contribution in [2.24, 2.45) is 5.92 Å². The summed E-state index contributed by atoms with van der Waals surface area (Å²) in [5, 5.41) is 3.37. The van der Waals surface area contributed by atoms with E-state index in [0.717, 1.165) is 4.31 Å². The summed E-state index contributed by atoms with van der Waals surface area (Å²) in [7, 11) is -4.20. The van der Waals surface area contributed by atoms with E-state index in [9.17, 15) is 22.8 Å². The molecule has 1 amide bonds. The maximum absolute atomic E-state index is 13.0. The van der Waals surface area contributed by atoms with Crippen LogP contribution in [0.25, 0.3) is 0 Å². The lowest BCUT2D eigenvalue weighted by molar-refractivity contribution is -0.120. The van der Waals surface area contributed by atoms with Crippen LogP contribution in [0, 0.1) is 12.8 Å². The van der Waals surface area contributed by atoms with E-state index in [1.807, 2.05) is 4.98 Å². The Bertz CT molecular complexity index is 1180. The molecule has 0 saturated carbocycles. The number of amides is 1. The van der Waals surface area contributed by atoms with Crippen molar-refractivity contribution in [3.8, 4) is 0 Å². The van der Waals surface area contributed by atoms with Gasteiger partial charge in [-0.3, -0.25) is 14.6 Å². The van der Waals surface area contributed by atoms with E-state index in [0.29, 0.717) is 23.6 Å². The van der Waals surface area contributed by atoms with Crippen molar-refractivity contribution < 1.29 is 13.2 Å². The van der Waals surface area contributed by atoms with Gasteiger partial charge in [0.1, 0.15) is 0 Å². The number of halogens is 2. The smallest absolute Gasteiger partial charge is 0.324 e. The van der Waals surface area contributed by atoms with Crippen LogP contribution in [0.5, 0.6) is 0 Å². The van der Waals surface area contributed by atoms with Crippen molar-refractivity contribution in [3.63, 3.8) is 0 Å². The predicted octanol–water partition coefficient (Wildman–Crippen LogP) is 1.72. The van der Waals surface area contributed by atoms with Crippen molar-refractivity contribution in [2.75, 3.05) is 18.4 Å². The van der Waals surface area contributed by atoms with E-state index in [1.54, 1.807) is 12.1 Å². The summed E-state index contributed by atoms with van der Waals surface area (Å²) in [6.45, 7) is 1.39. The van der Waals surface area contributed by atoms with E-state index >= 15 is 0 Å². The topological polar surface area (TPSA) is 132 Å². The van der Waals surface area contributed by atoms with Crippen LogP contribution in [0.15, 0.2) is 32.7 Å². The Labute approximate surface area is 176 Å². The average Bonchev–Trinajstić information content (AvgIpc) is 2.63. The molecule has 2 aromatic rings. The summed E-state index contributed by atoms with van der Waals surface area (Å²) in [6, 6.07) is 4.62. The third kappa shape index (κ3) is 4.55. The Morgan fingerprint density at radius 3 is 2.62 bits per heavy atom. The lowest BCUT2D eigenvalue weighted by atomic mass is 9.99. The number of sulfonamides is 1. The van der Waals surface area contributed by atoms with Crippen molar-refractivity contribution in [1.29, 1.82) is 0 Å². The number of anilines is 1. The molecule has 12 heteroatoms. The largest absolute Gasteiger partial charge is 0.325 e. The van der Waals surface area contributed by atoms with E-state index in [2.05, 4.69) is 10.3 Å². The number of piperidine rings is 1. The molecule has 156 valence electrons. The molecular weight excluding hydrogens is 443 g/mol. The lowest BCUT2D eigenvalue weighted by Crippen LogP contribution is -2.45. The molecule has 0 aliphatic carbocycles. The average molecular weight is 461 g/mol. The minimum absolute atomic E-state index is 0.0572. The molecule has 1 aliphatic heterocycles. The van der Waals surface area contributed by atoms with Crippen molar-refractivity contribution in [1.82, 2.24) is 14.3 Å². The summed E-state index contributed by atoms with van der Waals surface area (Å²) >= 11 is 11.9. The van der Waals surface area contributed by atoms with Gasteiger partial charge in [-0.1, -0.05) is 23.2 Å². The molecule has 3 N–H and O–H groups in total. The fraction of sp³-hybridized carbons (Fsp3) is 0.353. The Morgan fingerprint density at radius 1 is 1.24 bits per heavy atom. The zero-order chi connectivity index (χ0) is 21.3. The molecule has 9 nitrogen and oxygen atoms in total. The van der Waals surface area contributed by atoms with Gasteiger partial charge in [-0.05, 0) is 38.0 Å². The van der Waals surface area contributed by atoms with Crippen LogP contribution in [0.4, 0.5) is 5.69 Å². The molecule has 1 unspecified atom stereocenters. The van der Waals surface area contributed by atoms with Crippen LogP contribution >= 0.6 is 23.2 Å². The van der Waals surface area contributed by atoms with Gasteiger partial charge in [-0.25, -0.2) is 13.2 Å². The van der Waals surface area contributed by atoms with Gasteiger partial charge in [0.25, 0.3) is 5.56 Å². The first-order valence-electron chi connectivity index (χ1n) is 8.69. The second-order valence-corrected chi connectivity index (χ2v) is 9.40. The third-order valence-corrected chi connectivity index (χ3v) is 7.18. The molecule has 0 radical (unpaired) electrons. The van der Waals surface area contributed by atoms with Crippen LogP contribution < -0.4 is 16.6 Å². The minimum Gasteiger partial charge on any atom is -0.324 e. The molecule has 1 atom stereocenters. The van der Waals surface area contributed by atoms with Crippen LogP contribution in [-0.4, -0.2) is 41.7 Å². The highest BCUT2D eigenvalue weighted by Crippen LogP contribution is 2.28. The number of H-pyrrole nitrogens is 2. The Kier molecular flexibility index (Phi) is 6.18. The fourth-order valence-electron chi connectivity index (χ4n) is 3.23. The molecule has 0 spiro atoms. The number of hydrogen-bond acceptors (Lipinski definition) is 5. The highest BCUT2D eigenvalue weighted by atomic mass is 35.5. The molecular formula is C17H18Cl2N4O5S.